The van der Waals surface area contributed by atoms with E-state index in [9.17, 15) is 13.2 Å². The Kier molecular flexibility index (Phi) is 5.77. The van der Waals surface area contributed by atoms with Crippen molar-refractivity contribution in [3.63, 3.8) is 0 Å². The number of hydrogen-bond acceptors (Lipinski definition) is 6. The lowest BCUT2D eigenvalue weighted by molar-refractivity contribution is -0.130. The van der Waals surface area contributed by atoms with Crippen LogP contribution in [0.4, 0.5) is 0 Å². The maximum Gasteiger partial charge on any atom is 0.246 e. The van der Waals surface area contributed by atoms with Crippen LogP contribution in [0.2, 0.25) is 0 Å². The van der Waals surface area contributed by atoms with E-state index in [0.717, 1.165) is 19.4 Å². The summed E-state index contributed by atoms with van der Waals surface area (Å²) in [5.41, 5.74) is 0.317. The van der Waals surface area contributed by atoms with E-state index in [0.29, 0.717) is 12.2 Å². The summed E-state index contributed by atoms with van der Waals surface area (Å²) >= 11 is 0. The van der Waals surface area contributed by atoms with Gasteiger partial charge in [0.2, 0.25) is 15.9 Å². The number of amides is 1. The molecule has 1 aliphatic heterocycles. The third kappa shape index (κ3) is 4.52. The molecule has 0 radical (unpaired) electrons. The lowest BCUT2D eigenvalue weighted by Gasteiger charge is -2.24. The monoisotopic (exact) mass is 345 g/mol. The molecule has 0 saturated carbocycles. The second-order valence-electron chi connectivity index (χ2n) is 5.65. The molecule has 1 aromatic rings. The smallest absolute Gasteiger partial charge is 0.246 e. The first-order valence-corrected chi connectivity index (χ1v) is 9.09. The number of carbonyl (C=O) groups excluding carboxylic acids is 1. The van der Waals surface area contributed by atoms with Gasteiger partial charge in [-0.1, -0.05) is 5.16 Å². The number of rotatable bonds is 7. The molecule has 1 aliphatic rings. The highest BCUT2D eigenvalue weighted by Crippen LogP contribution is 2.18. The largest absolute Gasteiger partial charge is 0.376 e. The third-order valence-electron chi connectivity index (χ3n) is 3.80. The predicted molar refractivity (Wildman–Crippen MR) is 82.4 cm³/mol. The summed E-state index contributed by atoms with van der Waals surface area (Å²) in [7, 11) is -3.70. The first kappa shape index (κ1) is 17.9. The van der Waals surface area contributed by atoms with Crippen LogP contribution in [0.5, 0.6) is 0 Å². The summed E-state index contributed by atoms with van der Waals surface area (Å²) in [5, 5.41) is 3.65. The highest BCUT2D eigenvalue weighted by molar-refractivity contribution is 7.89. The van der Waals surface area contributed by atoms with Gasteiger partial charge in [-0.2, -0.15) is 0 Å². The first-order valence-electron chi connectivity index (χ1n) is 7.61. The molecule has 0 aromatic carbocycles. The predicted octanol–water partition coefficient (Wildman–Crippen LogP) is 0.597. The molecule has 1 unspecified atom stereocenters. The fraction of sp³-hybridized carbons (Fsp3) is 0.714. The number of hydrogen-bond donors (Lipinski definition) is 1. The molecule has 23 heavy (non-hydrogen) atoms. The van der Waals surface area contributed by atoms with E-state index in [2.05, 4.69) is 9.88 Å². The van der Waals surface area contributed by atoms with E-state index in [1.807, 2.05) is 0 Å². The summed E-state index contributed by atoms with van der Waals surface area (Å²) < 4.78 is 37.5. The topological polar surface area (TPSA) is 102 Å². The summed E-state index contributed by atoms with van der Waals surface area (Å²) in [6.45, 7) is 6.21. The van der Waals surface area contributed by atoms with Gasteiger partial charge >= 0.3 is 0 Å². The van der Waals surface area contributed by atoms with Crippen LogP contribution in [0.1, 0.15) is 31.2 Å². The van der Waals surface area contributed by atoms with Crippen LogP contribution in [0.15, 0.2) is 9.42 Å². The fourth-order valence-corrected chi connectivity index (χ4v) is 4.00. The normalized spacial score (nSPS) is 18.3. The van der Waals surface area contributed by atoms with Gasteiger partial charge in [-0.05, 0) is 26.7 Å². The van der Waals surface area contributed by atoms with Crippen molar-refractivity contribution in [1.82, 2.24) is 14.8 Å². The zero-order valence-corrected chi connectivity index (χ0v) is 14.5. The summed E-state index contributed by atoms with van der Waals surface area (Å²) in [4.78, 5) is 13.4. The van der Waals surface area contributed by atoms with Crippen molar-refractivity contribution < 1.29 is 22.5 Å². The van der Waals surface area contributed by atoms with Crippen LogP contribution >= 0.6 is 0 Å². The van der Waals surface area contributed by atoms with Gasteiger partial charge in [-0.25, -0.2) is 13.1 Å². The number of sulfonamides is 1. The zero-order valence-electron chi connectivity index (χ0n) is 13.7. The van der Waals surface area contributed by atoms with Crippen molar-refractivity contribution in [3.05, 3.63) is 11.5 Å². The Morgan fingerprint density at radius 2 is 2.17 bits per heavy atom. The minimum absolute atomic E-state index is 0.0399. The Balaban J connectivity index is 1.92. The Morgan fingerprint density at radius 1 is 1.43 bits per heavy atom. The van der Waals surface area contributed by atoms with E-state index < -0.39 is 10.0 Å². The molecule has 2 heterocycles. The fourth-order valence-electron chi connectivity index (χ4n) is 2.66. The van der Waals surface area contributed by atoms with Crippen LogP contribution < -0.4 is 4.72 Å². The average molecular weight is 345 g/mol. The van der Waals surface area contributed by atoms with Crippen molar-refractivity contribution in [2.75, 3.05) is 26.2 Å². The van der Waals surface area contributed by atoms with Gasteiger partial charge in [0, 0.05) is 33.2 Å². The molecule has 130 valence electrons. The first-order chi connectivity index (χ1) is 10.8. The van der Waals surface area contributed by atoms with E-state index in [1.54, 1.807) is 18.7 Å². The van der Waals surface area contributed by atoms with Gasteiger partial charge < -0.3 is 14.2 Å². The molecule has 1 aromatic heterocycles. The van der Waals surface area contributed by atoms with Crippen molar-refractivity contribution in [3.8, 4) is 0 Å². The lowest BCUT2D eigenvalue weighted by Crippen LogP contribution is -2.41. The lowest BCUT2D eigenvalue weighted by atomic mass is 10.2. The summed E-state index contributed by atoms with van der Waals surface area (Å²) in [6.07, 6.45) is 1.96. The average Bonchev–Trinajstić information content (AvgIpc) is 3.07. The van der Waals surface area contributed by atoms with Gasteiger partial charge in [-0.3, -0.25) is 4.79 Å². The van der Waals surface area contributed by atoms with Crippen molar-refractivity contribution in [2.45, 2.75) is 44.6 Å². The quantitative estimate of drug-likeness (QED) is 0.776. The molecule has 0 spiro atoms. The SMILES string of the molecule is CC(=O)N(CCNS(=O)(=O)c1c(C)noc1C)CC1CCCO1. The Morgan fingerprint density at radius 3 is 2.70 bits per heavy atom. The minimum atomic E-state index is -3.70. The number of ether oxygens (including phenoxy) is 1. The van der Waals surface area contributed by atoms with Gasteiger partial charge in [0.05, 0.1) is 6.10 Å². The third-order valence-corrected chi connectivity index (χ3v) is 5.51. The maximum absolute atomic E-state index is 12.3. The summed E-state index contributed by atoms with van der Waals surface area (Å²) in [5.74, 6) is 0.148. The van der Waals surface area contributed by atoms with Gasteiger partial charge in [0.25, 0.3) is 0 Å². The van der Waals surface area contributed by atoms with Crippen molar-refractivity contribution in [2.24, 2.45) is 0 Å². The van der Waals surface area contributed by atoms with Crippen molar-refractivity contribution in [1.29, 1.82) is 0 Å². The highest BCUT2D eigenvalue weighted by atomic mass is 32.2. The molecule has 1 atom stereocenters. The van der Waals surface area contributed by atoms with Crippen LogP contribution in [-0.4, -0.2) is 56.7 Å². The van der Waals surface area contributed by atoms with Gasteiger partial charge in [0.15, 0.2) is 5.76 Å². The molecule has 1 fully saturated rings. The molecule has 9 heteroatoms. The van der Waals surface area contributed by atoms with Gasteiger partial charge in [0.1, 0.15) is 10.6 Å². The number of aryl methyl sites for hydroxylation is 2. The van der Waals surface area contributed by atoms with Crippen LogP contribution in [0.3, 0.4) is 0 Å². The molecule has 8 nitrogen and oxygen atoms in total. The molecule has 1 saturated heterocycles. The molecular weight excluding hydrogens is 322 g/mol. The van der Waals surface area contributed by atoms with E-state index in [-0.39, 0.29) is 35.8 Å². The van der Waals surface area contributed by atoms with Crippen molar-refractivity contribution >= 4 is 15.9 Å². The Labute approximate surface area is 136 Å². The van der Waals surface area contributed by atoms with Gasteiger partial charge in [-0.15, -0.1) is 0 Å². The number of nitrogens with one attached hydrogen (secondary N) is 1. The number of carbonyl (C=O) groups is 1. The second-order valence-corrected chi connectivity index (χ2v) is 7.35. The highest BCUT2D eigenvalue weighted by Gasteiger charge is 2.25. The van der Waals surface area contributed by atoms with E-state index in [4.69, 9.17) is 9.26 Å². The molecule has 0 aliphatic carbocycles. The maximum atomic E-state index is 12.3. The molecule has 0 bridgehead atoms. The number of nitrogens with zero attached hydrogens (tertiary/aromatic N) is 2. The zero-order chi connectivity index (χ0) is 17.0. The molecule has 1 amide bonds. The molecule has 1 N–H and O–H groups in total. The Bertz CT molecular complexity index is 630. The van der Waals surface area contributed by atoms with E-state index >= 15 is 0 Å². The minimum Gasteiger partial charge on any atom is -0.376 e. The number of aromatic nitrogens is 1. The van der Waals surface area contributed by atoms with Crippen LogP contribution in [-0.2, 0) is 19.6 Å². The molecule has 2 rings (SSSR count). The summed E-state index contributed by atoms with van der Waals surface area (Å²) in [6, 6.07) is 0. The van der Waals surface area contributed by atoms with E-state index in [1.165, 1.54) is 6.92 Å². The van der Waals surface area contributed by atoms with Crippen LogP contribution in [0.25, 0.3) is 0 Å². The second kappa shape index (κ2) is 7.41. The Hall–Kier alpha value is -1.45. The van der Waals surface area contributed by atoms with Crippen LogP contribution in [0, 0.1) is 13.8 Å². The molecular formula is C14H23N3O5S. The standard InChI is InChI=1S/C14H23N3O5S/c1-10-14(11(2)22-16-10)23(19,20)15-6-7-17(12(3)18)9-13-5-4-8-21-13/h13,15H,4-9H2,1-3H3.